The van der Waals surface area contributed by atoms with Crippen LogP contribution >= 0.6 is 0 Å². The van der Waals surface area contributed by atoms with Crippen molar-refractivity contribution in [3.63, 3.8) is 0 Å². The van der Waals surface area contributed by atoms with Gasteiger partial charge in [-0.1, -0.05) is 13.8 Å². The molecule has 8 atom stereocenters. The smallest absolute Gasteiger partial charge is 0.449 e. The number of ether oxygens (including phenoxy) is 2. The van der Waals surface area contributed by atoms with Crippen LogP contribution in [0, 0.1) is 40.4 Å². The lowest BCUT2D eigenvalue weighted by Gasteiger charge is -2.59. The van der Waals surface area contributed by atoms with Gasteiger partial charge in [0, 0.05) is 38.2 Å². The molecule has 0 bridgehead atoms. The molecule has 0 spiro atoms. The summed E-state index contributed by atoms with van der Waals surface area (Å²) in [4.78, 5) is 49.5. The number of hydrogen-bond acceptors (Lipinski definition) is 6. The van der Waals surface area contributed by atoms with Crippen LogP contribution in [0.25, 0.3) is 0 Å². The number of alkyl halides is 3. The van der Waals surface area contributed by atoms with E-state index in [4.69, 9.17) is 4.74 Å². The van der Waals surface area contributed by atoms with Gasteiger partial charge in [-0.2, -0.15) is 13.2 Å². The van der Waals surface area contributed by atoms with Gasteiger partial charge in [0.05, 0.1) is 0 Å². The zero-order valence-corrected chi connectivity index (χ0v) is 21.3. The number of carbonyl (C=O) groups is 4. The SMILES string of the molecule is CC(=O)OC(=CC(=O)C1CCC2C3CCC4CC(OC(C)=O)CCC4(C)C3C(=O)CC12C)C(F)(F)F. The third-order valence-corrected chi connectivity index (χ3v) is 9.78. The molecule has 0 heterocycles. The van der Waals surface area contributed by atoms with Gasteiger partial charge in [-0.3, -0.25) is 19.2 Å². The normalized spacial score (nSPS) is 40.5. The summed E-state index contributed by atoms with van der Waals surface area (Å²) in [7, 11) is 0. The van der Waals surface area contributed by atoms with Crippen molar-refractivity contribution < 1.29 is 41.8 Å². The van der Waals surface area contributed by atoms with Crippen molar-refractivity contribution in [3.8, 4) is 0 Å². The Morgan fingerprint density at radius 2 is 1.67 bits per heavy atom. The molecule has 200 valence electrons. The van der Waals surface area contributed by atoms with Crippen molar-refractivity contribution in [2.75, 3.05) is 0 Å². The van der Waals surface area contributed by atoms with Gasteiger partial charge >= 0.3 is 18.1 Å². The molecule has 6 nitrogen and oxygen atoms in total. The lowest BCUT2D eigenvalue weighted by Crippen LogP contribution is -2.58. The lowest BCUT2D eigenvalue weighted by atomic mass is 9.44. The number of halogens is 3. The molecule has 4 fully saturated rings. The molecular weight excluding hydrogens is 477 g/mol. The maximum atomic E-state index is 13.7. The topological polar surface area (TPSA) is 86.7 Å². The van der Waals surface area contributed by atoms with Gasteiger partial charge in [0.2, 0.25) is 5.76 Å². The van der Waals surface area contributed by atoms with Crippen molar-refractivity contribution in [1.29, 1.82) is 0 Å². The molecule has 0 aliphatic heterocycles. The molecular formula is C27H35F3O6. The number of carbonyl (C=O) groups excluding carboxylic acids is 4. The number of esters is 2. The van der Waals surface area contributed by atoms with Crippen LogP contribution < -0.4 is 0 Å². The van der Waals surface area contributed by atoms with E-state index in [1.54, 1.807) is 0 Å². The summed E-state index contributed by atoms with van der Waals surface area (Å²) in [5.41, 5.74) is -0.935. The Morgan fingerprint density at radius 1 is 0.972 bits per heavy atom. The molecule has 0 amide bonds. The number of hydrogen-bond donors (Lipinski definition) is 0. The number of fused-ring (bicyclic) bond motifs is 5. The molecule has 9 heteroatoms. The molecule has 36 heavy (non-hydrogen) atoms. The molecule has 4 aliphatic rings. The first-order valence-corrected chi connectivity index (χ1v) is 12.9. The molecule has 4 saturated carbocycles. The highest BCUT2D eigenvalue weighted by atomic mass is 19.4. The second kappa shape index (κ2) is 9.28. The van der Waals surface area contributed by atoms with E-state index in [0.717, 1.165) is 32.6 Å². The lowest BCUT2D eigenvalue weighted by molar-refractivity contribution is -0.169. The monoisotopic (exact) mass is 512 g/mol. The van der Waals surface area contributed by atoms with Gasteiger partial charge in [0.1, 0.15) is 11.9 Å². The minimum atomic E-state index is -4.97. The summed E-state index contributed by atoms with van der Waals surface area (Å²) in [6, 6.07) is 0. The second-order valence-electron chi connectivity index (χ2n) is 11.8. The van der Waals surface area contributed by atoms with Crippen molar-refractivity contribution in [3.05, 3.63) is 11.8 Å². The van der Waals surface area contributed by atoms with Crippen LogP contribution in [0.2, 0.25) is 0 Å². The summed E-state index contributed by atoms with van der Waals surface area (Å²) in [6.45, 7) is 6.31. The summed E-state index contributed by atoms with van der Waals surface area (Å²) < 4.78 is 49.9. The molecule has 0 saturated heterocycles. The van der Waals surface area contributed by atoms with Gasteiger partial charge in [0.25, 0.3) is 0 Å². The number of ketones is 2. The number of allylic oxidation sites excluding steroid dienone is 2. The Balaban J connectivity index is 1.57. The van der Waals surface area contributed by atoms with Gasteiger partial charge < -0.3 is 9.47 Å². The molecule has 0 aromatic rings. The van der Waals surface area contributed by atoms with Crippen molar-refractivity contribution in [2.24, 2.45) is 40.4 Å². The Morgan fingerprint density at radius 3 is 2.28 bits per heavy atom. The molecule has 0 aromatic carbocycles. The predicted octanol–water partition coefficient (Wildman–Crippen LogP) is 5.33. The standard InChI is InChI=1S/C27H35F3O6/c1-14(31)35-17-9-10-25(3)16(11-17)5-6-18-19-7-8-20(26(19,4)13-22(34)24(18)25)21(33)12-23(27(28,29)30)36-15(2)32/h12,16-20,24H,5-11,13H2,1-4H3. The van der Waals surface area contributed by atoms with E-state index in [0.29, 0.717) is 25.3 Å². The fraction of sp³-hybridized carbons (Fsp3) is 0.778. The van der Waals surface area contributed by atoms with Gasteiger partial charge in [0.15, 0.2) is 5.78 Å². The molecule has 0 N–H and O–H groups in total. The van der Waals surface area contributed by atoms with Crippen LogP contribution in [0.4, 0.5) is 13.2 Å². The third-order valence-electron chi connectivity index (χ3n) is 9.78. The minimum Gasteiger partial charge on any atom is -0.463 e. The van der Waals surface area contributed by atoms with E-state index >= 15 is 0 Å². The van der Waals surface area contributed by atoms with E-state index in [2.05, 4.69) is 11.7 Å². The third kappa shape index (κ3) is 4.62. The summed E-state index contributed by atoms with van der Waals surface area (Å²) >= 11 is 0. The average molecular weight is 513 g/mol. The average Bonchev–Trinajstić information content (AvgIpc) is 3.08. The van der Waals surface area contributed by atoms with Crippen LogP contribution in [0.1, 0.15) is 79.1 Å². The first-order valence-electron chi connectivity index (χ1n) is 12.9. The summed E-state index contributed by atoms with van der Waals surface area (Å²) in [5, 5.41) is 0. The van der Waals surface area contributed by atoms with Gasteiger partial charge in [-0.05, 0) is 73.5 Å². The number of Topliss-reactive ketones (excluding diaryl/α,β-unsaturated/α-hetero) is 1. The van der Waals surface area contributed by atoms with Crippen LogP contribution in [0.15, 0.2) is 11.8 Å². The van der Waals surface area contributed by atoms with Crippen LogP contribution in [0.3, 0.4) is 0 Å². The number of rotatable bonds is 4. The Hall–Kier alpha value is -2.19. The zero-order chi connectivity index (χ0) is 26.6. The van der Waals surface area contributed by atoms with Gasteiger partial charge in [-0.15, -0.1) is 0 Å². The van der Waals surface area contributed by atoms with Crippen molar-refractivity contribution >= 4 is 23.5 Å². The molecule has 0 aromatic heterocycles. The maximum absolute atomic E-state index is 13.7. The fourth-order valence-electron chi connectivity index (χ4n) is 8.40. The minimum absolute atomic E-state index is 0.0644. The molecule has 0 radical (unpaired) electrons. The van der Waals surface area contributed by atoms with Gasteiger partial charge in [-0.25, -0.2) is 0 Å². The summed E-state index contributed by atoms with van der Waals surface area (Å²) in [5.74, 6) is -4.15. The Bertz CT molecular complexity index is 986. The molecule has 8 unspecified atom stereocenters. The fourth-order valence-corrected chi connectivity index (χ4v) is 8.40. The van der Waals surface area contributed by atoms with Crippen molar-refractivity contribution in [2.45, 2.75) is 91.3 Å². The predicted molar refractivity (Wildman–Crippen MR) is 122 cm³/mol. The van der Waals surface area contributed by atoms with E-state index in [1.807, 2.05) is 6.92 Å². The quantitative estimate of drug-likeness (QED) is 0.287. The molecule has 4 rings (SSSR count). The summed E-state index contributed by atoms with van der Waals surface area (Å²) in [6.07, 6.45) is 0.540. The molecule has 4 aliphatic carbocycles. The van der Waals surface area contributed by atoms with Crippen LogP contribution in [0.5, 0.6) is 0 Å². The van der Waals surface area contributed by atoms with E-state index in [-0.39, 0.29) is 53.4 Å². The Kier molecular flexibility index (Phi) is 6.92. The van der Waals surface area contributed by atoms with E-state index in [1.165, 1.54) is 6.92 Å². The maximum Gasteiger partial charge on any atom is 0.449 e. The first-order chi connectivity index (χ1) is 16.7. The highest BCUT2D eigenvalue weighted by molar-refractivity contribution is 5.95. The van der Waals surface area contributed by atoms with Crippen LogP contribution in [-0.2, 0) is 28.7 Å². The first kappa shape index (κ1) is 26.9. The van der Waals surface area contributed by atoms with E-state index < -0.39 is 35.0 Å². The van der Waals surface area contributed by atoms with Crippen molar-refractivity contribution in [1.82, 2.24) is 0 Å². The Labute approximate surface area is 209 Å². The van der Waals surface area contributed by atoms with E-state index in [9.17, 15) is 32.3 Å². The highest BCUT2D eigenvalue weighted by Crippen LogP contribution is 2.66. The largest absolute Gasteiger partial charge is 0.463 e. The second-order valence-corrected chi connectivity index (χ2v) is 11.8. The zero-order valence-electron chi connectivity index (χ0n) is 21.3. The highest BCUT2D eigenvalue weighted by Gasteiger charge is 2.64. The van der Waals surface area contributed by atoms with Crippen LogP contribution in [-0.4, -0.2) is 35.8 Å².